The summed E-state index contributed by atoms with van der Waals surface area (Å²) >= 11 is 0. The molecule has 4 aromatic carbocycles. The molecule has 2 aliphatic rings. The first kappa shape index (κ1) is 35.3. The number of hydrogen-bond donors (Lipinski definition) is 0. The van der Waals surface area contributed by atoms with E-state index in [0.717, 1.165) is 36.5 Å². The van der Waals surface area contributed by atoms with E-state index >= 15 is 0 Å². The lowest BCUT2D eigenvalue weighted by Gasteiger charge is -2.34. The largest absolute Gasteiger partial charge is 0.341 e. The summed E-state index contributed by atoms with van der Waals surface area (Å²) in [5.74, 6) is 0.776. The van der Waals surface area contributed by atoms with Crippen LogP contribution in [-0.4, -0.2) is 11.1 Å². The number of benzene rings is 4. The zero-order valence-electron chi connectivity index (χ0n) is 30.8. The molecule has 5 aromatic rings. The molecule has 0 bridgehead atoms. The maximum atomic E-state index is 4.09. The molecule has 1 aromatic heterocycles. The van der Waals surface area contributed by atoms with Gasteiger partial charge in [0.05, 0.1) is 11.0 Å². The van der Waals surface area contributed by atoms with Gasteiger partial charge in [-0.1, -0.05) is 132 Å². The minimum atomic E-state index is 0.345. The van der Waals surface area contributed by atoms with Crippen LogP contribution < -0.4 is 9.80 Å². The van der Waals surface area contributed by atoms with Crippen molar-refractivity contribution in [2.45, 2.75) is 53.4 Å². The van der Waals surface area contributed by atoms with Gasteiger partial charge >= 0.3 is 0 Å². The Morgan fingerprint density at radius 2 is 1.47 bits per heavy atom. The second-order valence-electron chi connectivity index (χ2n) is 13.2. The number of hydrogen-bond acceptors (Lipinski definition) is 2. The summed E-state index contributed by atoms with van der Waals surface area (Å²) in [7, 11) is 0. The molecule has 1 aliphatic carbocycles. The Morgan fingerprint density at radius 1 is 0.804 bits per heavy atom. The SMILES string of the molecule is C=C/C=C(\C=C/C(C)C)N(C1=CC=C(N2C/C=C\C=C/C(C)c3ccccc32)CC1)c1ccc(-n2c3ccccc3c3ccccc32)cc1.CC. The van der Waals surface area contributed by atoms with Gasteiger partial charge in [0.1, 0.15) is 0 Å². The zero-order chi connectivity index (χ0) is 35.7. The Hall–Kier alpha value is -5.54. The summed E-state index contributed by atoms with van der Waals surface area (Å²) < 4.78 is 2.38. The Labute approximate surface area is 305 Å². The highest BCUT2D eigenvalue weighted by molar-refractivity contribution is 6.09. The van der Waals surface area contributed by atoms with E-state index in [1.807, 2.05) is 19.9 Å². The molecule has 1 aliphatic heterocycles. The van der Waals surface area contributed by atoms with E-state index in [9.17, 15) is 0 Å². The lowest BCUT2D eigenvalue weighted by Crippen LogP contribution is -2.27. The number of fused-ring (bicyclic) bond motifs is 4. The highest BCUT2D eigenvalue weighted by Gasteiger charge is 2.23. The van der Waals surface area contributed by atoms with Gasteiger partial charge in [-0.05, 0) is 91.1 Å². The first-order valence-corrected chi connectivity index (χ1v) is 18.5. The highest BCUT2D eigenvalue weighted by Crippen LogP contribution is 2.38. The van der Waals surface area contributed by atoms with Gasteiger partial charge in [-0.2, -0.15) is 0 Å². The first-order valence-electron chi connectivity index (χ1n) is 18.5. The molecule has 0 N–H and O–H groups in total. The second-order valence-corrected chi connectivity index (χ2v) is 13.2. The molecular weight excluding hydrogens is 619 g/mol. The number of allylic oxidation sites excluding steroid dienone is 11. The molecule has 1 atom stereocenters. The average molecular weight is 670 g/mol. The van der Waals surface area contributed by atoms with Crippen molar-refractivity contribution in [3.05, 3.63) is 187 Å². The molecule has 0 spiro atoms. The summed E-state index contributed by atoms with van der Waals surface area (Å²) in [6, 6.07) is 35.2. The maximum Gasteiger partial charge on any atom is 0.0541 e. The molecule has 258 valence electrons. The summed E-state index contributed by atoms with van der Waals surface area (Å²) in [5, 5.41) is 2.54. The van der Waals surface area contributed by atoms with Crippen molar-refractivity contribution in [2.75, 3.05) is 16.3 Å². The van der Waals surface area contributed by atoms with Crippen LogP contribution in [0.15, 0.2) is 181 Å². The molecule has 2 heterocycles. The Morgan fingerprint density at radius 3 is 2.12 bits per heavy atom. The summed E-state index contributed by atoms with van der Waals surface area (Å²) in [5.41, 5.74) is 11.1. The van der Waals surface area contributed by atoms with Gasteiger partial charge in [0.15, 0.2) is 0 Å². The van der Waals surface area contributed by atoms with E-state index in [1.165, 1.54) is 44.5 Å². The fourth-order valence-electron chi connectivity index (χ4n) is 7.14. The van der Waals surface area contributed by atoms with Crippen LogP contribution in [0.5, 0.6) is 0 Å². The van der Waals surface area contributed by atoms with Gasteiger partial charge in [-0.25, -0.2) is 0 Å². The Balaban J connectivity index is 0.00000220. The molecule has 7 rings (SSSR count). The second kappa shape index (κ2) is 16.4. The predicted octanol–water partition coefficient (Wildman–Crippen LogP) is 13.2. The van der Waals surface area contributed by atoms with Gasteiger partial charge < -0.3 is 14.4 Å². The number of anilines is 2. The Bertz CT molecular complexity index is 2110. The zero-order valence-corrected chi connectivity index (χ0v) is 30.8. The fraction of sp³-hybridized carbons (Fsp3) is 0.208. The van der Waals surface area contributed by atoms with Crippen LogP contribution in [0, 0.1) is 5.92 Å². The molecule has 0 saturated carbocycles. The van der Waals surface area contributed by atoms with Crippen molar-refractivity contribution in [3.63, 3.8) is 0 Å². The third kappa shape index (κ3) is 7.49. The average Bonchev–Trinajstić information content (AvgIpc) is 3.54. The molecule has 3 heteroatoms. The van der Waals surface area contributed by atoms with Crippen molar-refractivity contribution in [3.8, 4) is 5.69 Å². The van der Waals surface area contributed by atoms with E-state index in [2.05, 4.69) is 193 Å². The van der Waals surface area contributed by atoms with Gasteiger partial charge in [-0.3, -0.25) is 0 Å². The first-order chi connectivity index (χ1) is 25.0. The van der Waals surface area contributed by atoms with Crippen molar-refractivity contribution < 1.29 is 0 Å². The van der Waals surface area contributed by atoms with E-state index in [1.54, 1.807) is 0 Å². The van der Waals surface area contributed by atoms with Crippen LogP contribution >= 0.6 is 0 Å². The molecule has 51 heavy (non-hydrogen) atoms. The summed E-state index contributed by atoms with van der Waals surface area (Å²) in [6.07, 6.45) is 23.9. The quantitative estimate of drug-likeness (QED) is 0.152. The van der Waals surface area contributed by atoms with Crippen molar-refractivity contribution >= 4 is 33.2 Å². The predicted molar refractivity (Wildman–Crippen MR) is 223 cm³/mol. The number of rotatable bonds is 8. The number of nitrogens with zero attached hydrogens (tertiary/aromatic N) is 3. The van der Waals surface area contributed by atoms with Crippen LogP contribution in [0.3, 0.4) is 0 Å². The van der Waals surface area contributed by atoms with Gasteiger partial charge in [0.2, 0.25) is 0 Å². The minimum absolute atomic E-state index is 0.345. The lowest BCUT2D eigenvalue weighted by atomic mass is 9.97. The van der Waals surface area contributed by atoms with E-state index in [-0.39, 0.29) is 0 Å². The molecule has 0 amide bonds. The van der Waals surface area contributed by atoms with Crippen LogP contribution in [-0.2, 0) is 0 Å². The molecule has 0 radical (unpaired) electrons. The minimum Gasteiger partial charge on any atom is -0.341 e. The monoisotopic (exact) mass is 669 g/mol. The molecule has 1 unspecified atom stereocenters. The molecular formula is C48H51N3. The highest BCUT2D eigenvalue weighted by atomic mass is 15.2. The standard InChI is InChI=1S/C46H45N3.C2H6/c1-5-15-37(24-23-34(2)3)48(38-27-25-36(26-28-38)47-33-14-6-7-16-35(4)41-17-8-11-20-44(41)47)39-29-31-40(32-30-39)49-45-21-12-9-18-42(45)43-19-10-13-22-46(43)49;1-2/h5-25,27,29-32,34-35H,1,26,28,33H2,2-4H3;1-2H3/b14-6-,16-7-,24-23-,37-15+;. The van der Waals surface area contributed by atoms with Crippen molar-refractivity contribution in [1.29, 1.82) is 0 Å². The van der Waals surface area contributed by atoms with Crippen molar-refractivity contribution in [1.82, 2.24) is 4.57 Å². The van der Waals surface area contributed by atoms with Crippen LogP contribution in [0.4, 0.5) is 11.4 Å². The number of para-hydroxylation sites is 3. The topological polar surface area (TPSA) is 11.4 Å². The summed E-state index contributed by atoms with van der Waals surface area (Å²) in [4.78, 5) is 4.90. The van der Waals surface area contributed by atoms with Crippen LogP contribution in [0.1, 0.15) is 58.9 Å². The molecule has 0 saturated heterocycles. The van der Waals surface area contributed by atoms with E-state index in [4.69, 9.17) is 0 Å². The van der Waals surface area contributed by atoms with Gasteiger partial charge in [0, 0.05) is 57.4 Å². The Kier molecular flexibility index (Phi) is 11.4. The molecule has 3 nitrogen and oxygen atoms in total. The third-order valence-electron chi connectivity index (χ3n) is 9.54. The maximum absolute atomic E-state index is 4.09. The smallest absolute Gasteiger partial charge is 0.0541 e. The van der Waals surface area contributed by atoms with Gasteiger partial charge in [-0.15, -0.1) is 0 Å². The van der Waals surface area contributed by atoms with Crippen LogP contribution in [0.2, 0.25) is 0 Å². The van der Waals surface area contributed by atoms with Crippen molar-refractivity contribution in [2.24, 2.45) is 5.92 Å². The molecule has 0 fully saturated rings. The fourth-order valence-corrected chi connectivity index (χ4v) is 7.14. The van der Waals surface area contributed by atoms with E-state index in [0.29, 0.717) is 11.8 Å². The van der Waals surface area contributed by atoms with E-state index < -0.39 is 0 Å². The number of aromatic nitrogens is 1. The van der Waals surface area contributed by atoms with Crippen LogP contribution in [0.25, 0.3) is 27.5 Å². The lowest BCUT2D eigenvalue weighted by molar-refractivity contribution is 0.806. The summed E-state index contributed by atoms with van der Waals surface area (Å²) in [6.45, 7) is 15.6. The normalized spacial score (nSPS) is 17.5. The third-order valence-corrected chi connectivity index (χ3v) is 9.54. The van der Waals surface area contributed by atoms with Gasteiger partial charge in [0.25, 0.3) is 0 Å².